The van der Waals surface area contributed by atoms with E-state index in [0.717, 1.165) is 30.7 Å². The van der Waals surface area contributed by atoms with Crippen LogP contribution in [0, 0.1) is 0 Å². The Morgan fingerprint density at radius 1 is 1.17 bits per heavy atom. The molecule has 0 atom stereocenters. The van der Waals surface area contributed by atoms with E-state index in [2.05, 4.69) is 6.07 Å². The number of ether oxygens (including phenoxy) is 1. The van der Waals surface area contributed by atoms with E-state index in [0.29, 0.717) is 6.61 Å². The van der Waals surface area contributed by atoms with Crippen LogP contribution in [0.5, 0.6) is 0 Å². The van der Waals surface area contributed by atoms with E-state index in [9.17, 15) is 4.79 Å². The SMILES string of the molecule is CC.CC(=O)OCCCCCc1ccccc1Cl. The zero-order valence-corrected chi connectivity index (χ0v) is 12.3. The number of carbonyl (C=O) groups is 1. The lowest BCUT2D eigenvalue weighted by Gasteiger charge is -2.04. The van der Waals surface area contributed by atoms with E-state index in [1.165, 1.54) is 12.5 Å². The Morgan fingerprint density at radius 3 is 2.44 bits per heavy atom. The molecule has 0 aliphatic rings. The number of unbranched alkanes of at least 4 members (excludes halogenated alkanes) is 2. The fourth-order valence-corrected chi connectivity index (χ4v) is 1.74. The number of halogens is 1. The van der Waals surface area contributed by atoms with E-state index in [1.54, 1.807) is 0 Å². The van der Waals surface area contributed by atoms with Crippen molar-refractivity contribution in [3.63, 3.8) is 0 Å². The van der Waals surface area contributed by atoms with Gasteiger partial charge in [0.1, 0.15) is 0 Å². The molecule has 102 valence electrons. The Kier molecular flexibility index (Phi) is 10.5. The van der Waals surface area contributed by atoms with E-state index in [-0.39, 0.29) is 5.97 Å². The second-order valence-electron chi connectivity index (χ2n) is 3.74. The molecule has 0 aromatic heterocycles. The molecule has 0 heterocycles. The third kappa shape index (κ3) is 8.13. The third-order valence-corrected chi connectivity index (χ3v) is 2.72. The summed E-state index contributed by atoms with van der Waals surface area (Å²) in [4.78, 5) is 10.5. The lowest BCUT2D eigenvalue weighted by Crippen LogP contribution is -2.00. The van der Waals surface area contributed by atoms with Crippen molar-refractivity contribution in [1.82, 2.24) is 0 Å². The van der Waals surface area contributed by atoms with Crippen molar-refractivity contribution in [3.8, 4) is 0 Å². The summed E-state index contributed by atoms with van der Waals surface area (Å²) >= 11 is 6.04. The first-order valence-electron chi connectivity index (χ1n) is 6.57. The van der Waals surface area contributed by atoms with Gasteiger partial charge in [0.2, 0.25) is 0 Å². The summed E-state index contributed by atoms with van der Waals surface area (Å²) in [6, 6.07) is 7.90. The average molecular weight is 271 g/mol. The van der Waals surface area contributed by atoms with Crippen molar-refractivity contribution in [2.24, 2.45) is 0 Å². The highest BCUT2D eigenvalue weighted by Gasteiger charge is 1.99. The van der Waals surface area contributed by atoms with Gasteiger partial charge in [-0.1, -0.05) is 43.6 Å². The first kappa shape index (κ1) is 17.0. The summed E-state index contributed by atoms with van der Waals surface area (Å²) in [5.41, 5.74) is 1.19. The number of hydrogen-bond donors (Lipinski definition) is 0. The molecule has 0 unspecified atom stereocenters. The highest BCUT2D eigenvalue weighted by Crippen LogP contribution is 2.17. The van der Waals surface area contributed by atoms with Gasteiger partial charge in [0, 0.05) is 11.9 Å². The molecule has 0 amide bonds. The molecule has 3 heteroatoms. The van der Waals surface area contributed by atoms with Crippen molar-refractivity contribution in [1.29, 1.82) is 0 Å². The van der Waals surface area contributed by atoms with Crippen molar-refractivity contribution in [3.05, 3.63) is 34.9 Å². The van der Waals surface area contributed by atoms with Gasteiger partial charge >= 0.3 is 5.97 Å². The highest BCUT2D eigenvalue weighted by atomic mass is 35.5. The van der Waals surface area contributed by atoms with Crippen LogP contribution in [0.15, 0.2) is 24.3 Å². The monoisotopic (exact) mass is 270 g/mol. The topological polar surface area (TPSA) is 26.3 Å². The smallest absolute Gasteiger partial charge is 0.302 e. The van der Waals surface area contributed by atoms with Gasteiger partial charge in [-0.2, -0.15) is 0 Å². The number of rotatable bonds is 6. The van der Waals surface area contributed by atoms with Crippen LogP contribution in [-0.2, 0) is 16.0 Å². The summed E-state index contributed by atoms with van der Waals surface area (Å²) in [7, 11) is 0. The summed E-state index contributed by atoms with van der Waals surface area (Å²) in [6.07, 6.45) is 4.03. The minimum Gasteiger partial charge on any atom is -0.466 e. The minimum absolute atomic E-state index is 0.203. The van der Waals surface area contributed by atoms with Crippen LogP contribution >= 0.6 is 11.6 Å². The van der Waals surface area contributed by atoms with Gasteiger partial charge in [-0.05, 0) is 37.3 Å². The maximum Gasteiger partial charge on any atom is 0.302 e. The van der Waals surface area contributed by atoms with Crippen LogP contribution in [-0.4, -0.2) is 12.6 Å². The number of carbonyl (C=O) groups excluding carboxylic acids is 1. The molecule has 1 aromatic rings. The average Bonchev–Trinajstić information content (AvgIpc) is 2.38. The molecule has 1 aromatic carbocycles. The van der Waals surface area contributed by atoms with Crippen molar-refractivity contribution < 1.29 is 9.53 Å². The molecule has 0 saturated carbocycles. The Labute approximate surface area is 115 Å². The van der Waals surface area contributed by atoms with Gasteiger partial charge in [-0.25, -0.2) is 0 Å². The molecule has 1 rings (SSSR count). The van der Waals surface area contributed by atoms with Gasteiger partial charge in [0.05, 0.1) is 6.61 Å². The first-order valence-corrected chi connectivity index (χ1v) is 6.94. The lowest BCUT2D eigenvalue weighted by atomic mass is 10.1. The minimum atomic E-state index is -0.203. The van der Waals surface area contributed by atoms with Gasteiger partial charge in [-0.15, -0.1) is 0 Å². The highest BCUT2D eigenvalue weighted by molar-refractivity contribution is 6.31. The van der Waals surface area contributed by atoms with E-state index < -0.39 is 0 Å². The van der Waals surface area contributed by atoms with Crippen LogP contribution in [0.1, 0.15) is 45.6 Å². The molecular formula is C15H23ClO2. The molecule has 0 fully saturated rings. The summed E-state index contributed by atoms with van der Waals surface area (Å²) in [6.45, 7) is 5.96. The third-order valence-electron chi connectivity index (χ3n) is 2.35. The second-order valence-corrected chi connectivity index (χ2v) is 4.15. The van der Waals surface area contributed by atoms with Crippen LogP contribution in [0.2, 0.25) is 5.02 Å². The van der Waals surface area contributed by atoms with Crippen LogP contribution in [0.25, 0.3) is 0 Å². The molecule has 2 nitrogen and oxygen atoms in total. The van der Waals surface area contributed by atoms with E-state index >= 15 is 0 Å². The van der Waals surface area contributed by atoms with Gasteiger partial charge in [-0.3, -0.25) is 4.79 Å². The normalized spacial score (nSPS) is 9.33. The molecule has 0 spiro atoms. The Hall–Kier alpha value is -1.02. The largest absolute Gasteiger partial charge is 0.466 e. The molecule has 0 bridgehead atoms. The second kappa shape index (κ2) is 11.1. The fourth-order valence-electron chi connectivity index (χ4n) is 1.51. The molecular weight excluding hydrogens is 248 g/mol. The Balaban J connectivity index is 0.00000137. The standard InChI is InChI=1S/C13H17ClO2.C2H6/c1-11(15)16-10-6-2-3-7-12-8-4-5-9-13(12)14;1-2/h4-5,8-9H,2-3,6-7,10H2,1H3;1-2H3. The maximum absolute atomic E-state index is 10.5. The van der Waals surface area contributed by atoms with Crippen molar-refractivity contribution in [2.75, 3.05) is 6.61 Å². The Bertz CT molecular complexity index is 337. The molecule has 0 saturated heterocycles. The van der Waals surface area contributed by atoms with E-state index in [1.807, 2.05) is 32.0 Å². The molecule has 0 aliphatic carbocycles. The van der Waals surface area contributed by atoms with Crippen molar-refractivity contribution in [2.45, 2.75) is 46.5 Å². The number of aryl methyl sites for hydroxylation is 1. The number of benzene rings is 1. The lowest BCUT2D eigenvalue weighted by molar-refractivity contribution is -0.141. The fraction of sp³-hybridized carbons (Fsp3) is 0.533. The van der Waals surface area contributed by atoms with Crippen LogP contribution in [0.3, 0.4) is 0 Å². The summed E-state index contributed by atoms with van der Waals surface area (Å²) in [5.74, 6) is -0.203. The molecule has 18 heavy (non-hydrogen) atoms. The van der Waals surface area contributed by atoms with Crippen molar-refractivity contribution >= 4 is 17.6 Å². The van der Waals surface area contributed by atoms with Gasteiger partial charge < -0.3 is 4.74 Å². The van der Waals surface area contributed by atoms with Crippen LogP contribution < -0.4 is 0 Å². The molecule has 0 aliphatic heterocycles. The zero-order chi connectivity index (χ0) is 13.8. The first-order chi connectivity index (χ1) is 8.70. The van der Waals surface area contributed by atoms with Gasteiger partial charge in [0.15, 0.2) is 0 Å². The predicted molar refractivity (Wildman–Crippen MR) is 77.0 cm³/mol. The number of esters is 1. The van der Waals surface area contributed by atoms with Crippen LogP contribution in [0.4, 0.5) is 0 Å². The summed E-state index contributed by atoms with van der Waals surface area (Å²) in [5, 5.41) is 0.836. The molecule has 0 radical (unpaired) electrons. The molecule has 0 N–H and O–H groups in total. The summed E-state index contributed by atoms with van der Waals surface area (Å²) < 4.78 is 4.85. The van der Waals surface area contributed by atoms with E-state index in [4.69, 9.17) is 16.3 Å². The maximum atomic E-state index is 10.5. The van der Waals surface area contributed by atoms with Gasteiger partial charge in [0.25, 0.3) is 0 Å². The predicted octanol–water partition coefficient (Wildman–Crippen LogP) is 4.64. The Morgan fingerprint density at radius 2 is 1.83 bits per heavy atom. The quantitative estimate of drug-likeness (QED) is 0.556. The zero-order valence-electron chi connectivity index (χ0n) is 11.5. The number of hydrogen-bond acceptors (Lipinski definition) is 2.